The van der Waals surface area contributed by atoms with Gasteiger partial charge in [-0.05, 0) is 67.3 Å². The van der Waals surface area contributed by atoms with Crippen molar-refractivity contribution in [2.75, 3.05) is 5.32 Å². The zero-order valence-electron chi connectivity index (χ0n) is 16.7. The molecular formula is C25H20Cl2N2O. The maximum Gasteiger partial charge on any atom is 0.266 e. The number of nitrogens with one attached hydrogen (secondary N) is 1. The Hall–Kier alpha value is -3.06. The predicted octanol–water partition coefficient (Wildman–Crippen LogP) is 6.75. The lowest BCUT2D eigenvalue weighted by molar-refractivity contribution is -0.112. The van der Waals surface area contributed by atoms with Crippen molar-refractivity contribution >= 4 is 40.9 Å². The molecule has 0 heterocycles. The third-order valence-corrected chi connectivity index (χ3v) is 5.10. The molecule has 1 N–H and O–H groups in total. The first-order valence-electron chi connectivity index (χ1n) is 9.38. The first-order chi connectivity index (χ1) is 14.3. The second-order valence-corrected chi connectivity index (χ2v) is 8.00. The van der Waals surface area contributed by atoms with Gasteiger partial charge in [-0.25, -0.2) is 0 Å². The number of halogens is 2. The van der Waals surface area contributed by atoms with Crippen molar-refractivity contribution < 1.29 is 4.79 Å². The number of benzene rings is 3. The molecule has 3 rings (SSSR count). The fraction of sp³-hybridized carbons (Fsp3) is 0.120. The molecule has 150 valence electrons. The van der Waals surface area contributed by atoms with E-state index in [1.165, 1.54) is 22.8 Å². The number of rotatable bonds is 5. The fourth-order valence-corrected chi connectivity index (χ4v) is 3.71. The number of aryl methyl sites for hydroxylation is 2. The molecule has 3 nitrogen and oxygen atoms in total. The van der Waals surface area contributed by atoms with Crippen LogP contribution in [0.4, 0.5) is 5.69 Å². The molecule has 3 aromatic carbocycles. The lowest BCUT2D eigenvalue weighted by Crippen LogP contribution is -2.13. The quantitative estimate of drug-likeness (QED) is 0.356. The lowest BCUT2D eigenvalue weighted by atomic mass is 9.99. The number of hydrogen-bond donors (Lipinski definition) is 1. The van der Waals surface area contributed by atoms with E-state index in [2.05, 4.69) is 37.4 Å². The third-order valence-electron chi connectivity index (χ3n) is 4.51. The number of anilines is 1. The maximum atomic E-state index is 12.4. The summed E-state index contributed by atoms with van der Waals surface area (Å²) in [6.07, 6.45) is 2.23. The van der Waals surface area contributed by atoms with Crippen LogP contribution in [0.15, 0.2) is 66.2 Å². The van der Waals surface area contributed by atoms with E-state index in [9.17, 15) is 10.1 Å². The molecule has 0 aliphatic rings. The zero-order chi connectivity index (χ0) is 21.7. The summed E-state index contributed by atoms with van der Waals surface area (Å²) in [4.78, 5) is 12.4. The van der Waals surface area contributed by atoms with Gasteiger partial charge in [0.2, 0.25) is 0 Å². The van der Waals surface area contributed by atoms with Gasteiger partial charge in [0.15, 0.2) is 0 Å². The summed E-state index contributed by atoms with van der Waals surface area (Å²) in [5.41, 5.74) is 5.79. The highest BCUT2D eigenvalue weighted by Crippen LogP contribution is 2.24. The molecule has 0 spiro atoms. The van der Waals surface area contributed by atoms with E-state index in [-0.39, 0.29) is 5.57 Å². The maximum absolute atomic E-state index is 12.4. The Morgan fingerprint density at radius 2 is 1.77 bits per heavy atom. The van der Waals surface area contributed by atoms with Crippen LogP contribution in [0.1, 0.15) is 27.8 Å². The van der Waals surface area contributed by atoms with Crippen molar-refractivity contribution in [2.24, 2.45) is 0 Å². The number of hydrogen-bond acceptors (Lipinski definition) is 2. The van der Waals surface area contributed by atoms with E-state index in [0.29, 0.717) is 27.7 Å². The molecule has 30 heavy (non-hydrogen) atoms. The second-order valence-electron chi connectivity index (χ2n) is 7.16. The topological polar surface area (TPSA) is 52.9 Å². The normalized spacial score (nSPS) is 11.1. The molecule has 1 amide bonds. The minimum atomic E-state index is -0.504. The first-order valence-corrected chi connectivity index (χ1v) is 10.1. The highest BCUT2D eigenvalue weighted by molar-refractivity contribution is 6.31. The van der Waals surface area contributed by atoms with E-state index in [4.69, 9.17) is 23.2 Å². The molecule has 0 fully saturated rings. The van der Waals surface area contributed by atoms with Crippen LogP contribution in [0.3, 0.4) is 0 Å². The fourth-order valence-electron chi connectivity index (χ4n) is 3.27. The Labute approximate surface area is 186 Å². The molecule has 0 saturated heterocycles. The molecule has 0 unspecified atom stereocenters. The van der Waals surface area contributed by atoms with Crippen LogP contribution in [0.2, 0.25) is 10.0 Å². The van der Waals surface area contributed by atoms with Crippen LogP contribution in [0.25, 0.3) is 6.08 Å². The summed E-state index contributed by atoms with van der Waals surface area (Å²) < 4.78 is 0. The molecule has 0 aromatic heterocycles. The standard InChI is InChI=1S/C25H20Cl2N2O/c1-16-8-17(2)10-19(9-16)12-20-7-6-18(13-24(20)27)11-21(15-28)25(30)29-23-5-3-4-22(26)14-23/h3-11,13-14H,12H2,1-2H3,(H,29,30)/b21-11+. The average Bonchev–Trinajstić information content (AvgIpc) is 2.67. The minimum absolute atomic E-state index is 0.0203. The summed E-state index contributed by atoms with van der Waals surface area (Å²) in [6.45, 7) is 4.15. The van der Waals surface area contributed by atoms with Crippen LogP contribution in [-0.2, 0) is 11.2 Å². The summed E-state index contributed by atoms with van der Waals surface area (Å²) in [6, 6.07) is 20.7. The van der Waals surface area contributed by atoms with Gasteiger partial charge in [-0.15, -0.1) is 0 Å². The first kappa shape index (κ1) is 21.6. The number of nitrogens with zero attached hydrogens (tertiary/aromatic N) is 1. The van der Waals surface area contributed by atoms with Crippen molar-refractivity contribution in [3.05, 3.63) is 104 Å². The predicted molar refractivity (Wildman–Crippen MR) is 124 cm³/mol. The van der Waals surface area contributed by atoms with Gasteiger partial charge in [-0.3, -0.25) is 4.79 Å². The van der Waals surface area contributed by atoms with Gasteiger partial charge in [-0.1, -0.05) is 70.7 Å². The van der Waals surface area contributed by atoms with Crippen molar-refractivity contribution in [3.8, 4) is 6.07 Å². The Bertz CT molecular complexity index is 1160. The van der Waals surface area contributed by atoms with E-state index < -0.39 is 5.91 Å². The Kier molecular flexibility index (Phi) is 6.95. The van der Waals surface area contributed by atoms with Crippen molar-refractivity contribution in [1.29, 1.82) is 5.26 Å². The SMILES string of the molecule is Cc1cc(C)cc(Cc2ccc(/C=C(\C#N)C(=O)Nc3cccc(Cl)c3)cc2Cl)c1. The molecule has 0 aliphatic heterocycles. The highest BCUT2D eigenvalue weighted by atomic mass is 35.5. The summed E-state index contributed by atoms with van der Waals surface area (Å²) >= 11 is 12.4. The molecule has 0 aliphatic carbocycles. The molecular weight excluding hydrogens is 415 g/mol. The van der Waals surface area contributed by atoms with E-state index in [0.717, 1.165) is 5.56 Å². The van der Waals surface area contributed by atoms with Gasteiger partial charge in [0.1, 0.15) is 11.6 Å². The minimum Gasteiger partial charge on any atom is -0.321 e. The molecule has 0 radical (unpaired) electrons. The monoisotopic (exact) mass is 434 g/mol. The van der Waals surface area contributed by atoms with Crippen molar-refractivity contribution in [2.45, 2.75) is 20.3 Å². The van der Waals surface area contributed by atoms with Crippen LogP contribution in [0, 0.1) is 25.2 Å². The molecule has 0 bridgehead atoms. The highest BCUT2D eigenvalue weighted by Gasteiger charge is 2.11. The van der Waals surface area contributed by atoms with E-state index in [1.807, 2.05) is 18.2 Å². The Balaban J connectivity index is 1.79. The van der Waals surface area contributed by atoms with Crippen LogP contribution < -0.4 is 5.32 Å². The summed E-state index contributed by atoms with van der Waals surface area (Å²) in [7, 11) is 0. The van der Waals surface area contributed by atoms with Gasteiger partial charge in [0.05, 0.1) is 0 Å². The summed E-state index contributed by atoms with van der Waals surface area (Å²) in [5, 5.41) is 13.2. The van der Waals surface area contributed by atoms with E-state index >= 15 is 0 Å². The molecule has 0 saturated carbocycles. The second kappa shape index (κ2) is 9.63. The van der Waals surface area contributed by atoms with Gasteiger partial charge >= 0.3 is 0 Å². The Morgan fingerprint density at radius 1 is 1.03 bits per heavy atom. The van der Waals surface area contributed by atoms with Crippen LogP contribution in [-0.4, -0.2) is 5.91 Å². The lowest BCUT2D eigenvalue weighted by Gasteiger charge is -2.09. The Morgan fingerprint density at radius 3 is 2.40 bits per heavy atom. The summed E-state index contributed by atoms with van der Waals surface area (Å²) in [5.74, 6) is -0.504. The third kappa shape index (κ3) is 5.73. The zero-order valence-corrected chi connectivity index (χ0v) is 18.2. The van der Waals surface area contributed by atoms with E-state index in [1.54, 1.807) is 30.3 Å². The molecule has 5 heteroatoms. The number of carbonyl (C=O) groups is 1. The van der Waals surface area contributed by atoms with Gasteiger partial charge in [0, 0.05) is 15.7 Å². The van der Waals surface area contributed by atoms with Gasteiger partial charge in [-0.2, -0.15) is 5.26 Å². The largest absolute Gasteiger partial charge is 0.321 e. The van der Waals surface area contributed by atoms with Gasteiger partial charge in [0.25, 0.3) is 5.91 Å². The number of nitriles is 1. The molecule has 0 atom stereocenters. The van der Waals surface area contributed by atoms with Crippen molar-refractivity contribution in [3.63, 3.8) is 0 Å². The average molecular weight is 435 g/mol. The number of carbonyl (C=O) groups excluding carboxylic acids is 1. The molecule has 3 aromatic rings. The number of amides is 1. The smallest absolute Gasteiger partial charge is 0.266 e. The van der Waals surface area contributed by atoms with Crippen LogP contribution in [0.5, 0.6) is 0 Å². The van der Waals surface area contributed by atoms with Gasteiger partial charge < -0.3 is 5.32 Å². The van der Waals surface area contributed by atoms with Crippen LogP contribution >= 0.6 is 23.2 Å². The van der Waals surface area contributed by atoms with Crippen molar-refractivity contribution in [1.82, 2.24) is 0 Å².